The molecular formula is C30H50O. The molecule has 0 aliphatic heterocycles. The lowest BCUT2D eigenvalue weighted by Gasteiger charge is -2.71. The van der Waals surface area contributed by atoms with Crippen LogP contribution < -0.4 is 0 Å². The number of fused-ring (bicyclic) bond motifs is 7. The van der Waals surface area contributed by atoms with E-state index in [-0.39, 0.29) is 11.5 Å². The zero-order valence-corrected chi connectivity index (χ0v) is 21.9. The molecule has 0 heterocycles. The Morgan fingerprint density at radius 3 is 2.16 bits per heavy atom. The first-order chi connectivity index (χ1) is 14.2. The Labute approximate surface area is 192 Å². The third-order valence-corrected chi connectivity index (χ3v) is 13.0. The van der Waals surface area contributed by atoms with Crippen molar-refractivity contribution in [3.63, 3.8) is 0 Å². The van der Waals surface area contributed by atoms with Crippen LogP contribution in [-0.4, -0.2) is 11.2 Å². The summed E-state index contributed by atoms with van der Waals surface area (Å²) in [4.78, 5) is 0. The van der Waals surface area contributed by atoms with Gasteiger partial charge in [-0.1, -0.05) is 67.0 Å². The summed E-state index contributed by atoms with van der Waals surface area (Å²) in [5.41, 5.74) is 4.09. The number of aliphatic hydroxyl groups excluding tert-OH is 1. The molecule has 1 heteroatoms. The van der Waals surface area contributed by atoms with E-state index >= 15 is 0 Å². The lowest BCUT2D eigenvalue weighted by atomic mass is 9.33. The van der Waals surface area contributed by atoms with E-state index in [2.05, 4.69) is 61.5 Å². The Bertz CT molecular complexity index is 790. The molecule has 0 spiro atoms. The van der Waals surface area contributed by atoms with E-state index in [0.29, 0.717) is 33.0 Å². The molecule has 0 bridgehead atoms. The topological polar surface area (TPSA) is 20.2 Å². The Morgan fingerprint density at radius 2 is 1.45 bits per heavy atom. The molecule has 0 aromatic heterocycles. The van der Waals surface area contributed by atoms with Gasteiger partial charge in [0.05, 0.1) is 6.10 Å². The average molecular weight is 427 g/mol. The van der Waals surface area contributed by atoms with Crippen LogP contribution in [-0.2, 0) is 0 Å². The van der Waals surface area contributed by atoms with E-state index in [0.717, 1.165) is 18.3 Å². The first-order valence-corrected chi connectivity index (χ1v) is 13.6. The van der Waals surface area contributed by atoms with Crippen molar-refractivity contribution in [2.45, 2.75) is 126 Å². The molecule has 4 fully saturated rings. The van der Waals surface area contributed by atoms with Crippen molar-refractivity contribution in [2.24, 2.45) is 50.2 Å². The van der Waals surface area contributed by atoms with E-state index in [1.54, 1.807) is 0 Å². The Kier molecular flexibility index (Phi) is 4.66. The molecule has 1 nitrogen and oxygen atoms in total. The first kappa shape index (κ1) is 22.5. The molecule has 5 aliphatic carbocycles. The second kappa shape index (κ2) is 6.43. The number of aliphatic hydroxyl groups is 1. The molecule has 0 aromatic rings. The number of hydrogen-bond donors (Lipinski definition) is 1. The van der Waals surface area contributed by atoms with Crippen molar-refractivity contribution >= 4 is 0 Å². The Balaban J connectivity index is 1.57. The van der Waals surface area contributed by atoms with Gasteiger partial charge in [-0.25, -0.2) is 0 Å². The highest BCUT2D eigenvalue weighted by atomic mass is 16.3. The van der Waals surface area contributed by atoms with Gasteiger partial charge in [-0.2, -0.15) is 0 Å². The second-order valence-corrected chi connectivity index (χ2v) is 15.2. The molecule has 0 aromatic carbocycles. The van der Waals surface area contributed by atoms with Crippen molar-refractivity contribution in [1.82, 2.24) is 0 Å². The number of rotatable bonds is 0. The van der Waals surface area contributed by atoms with Gasteiger partial charge in [0, 0.05) is 0 Å². The van der Waals surface area contributed by atoms with Crippen LogP contribution in [0, 0.1) is 50.2 Å². The summed E-state index contributed by atoms with van der Waals surface area (Å²) in [6.07, 6.45) is 15.9. The molecule has 0 saturated heterocycles. The van der Waals surface area contributed by atoms with Gasteiger partial charge in [-0.15, -0.1) is 0 Å². The SMILES string of the molecule is CC1(C)CC[C@]2(C)CC[C@]3(C)C(=CCC4[C@@]5(C)CCC(O)C(C)(C)C5CC[C@]43C)C2C1. The van der Waals surface area contributed by atoms with Gasteiger partial charge in [0.15, 0.2) is 0 Å². The fourth-order valence-corrected chi connectivity index (χ4v) is 10.5. The summed E-state index contributed by atoms with van der Waals surface area (Å²) in [7, 11) is 0. The maximum absolute atomic E-state index is 10.9. The molecule has 176 valence electrons. The van der Waals surface area contributed by atoms with Gasteiger partial charge in [-0.3, -0.25) is 0 Å². The van der Waals surface area contributed by atoms with E-state index in [4.69, 9.17) is 0 Å². The van der Waals surface area contributed by atoms with Crippen LogP contribution >= 0.6 is 0 Å². The fraction of sp³-hybridized carbons (Fsp3) is 0.933. The van der Waals surface area contributed by atoms with Gasteiger partial charge in [0.2, 0.25) is 0 Å². The molecule has 0 radical (unpaired) electrons. The highest BCUT2D eigenvalue weighted by molar-refractivity contribution is 5.33. The highest BCUT2D eigenvalue weighted by Crippen LogP contribution is 2.75. The zero-order valence-electron chi connectivity index (χ0n) is 21.9. The molecule has 4 saturated carbocycles. The molecular weight excluding hydrogens is 376 g/mol. The molecule has 5 rings (SSSR count). The lowest BCUT2D eigenvalue weighted by Crippen LogP contribution is -2.64. The maximum Gasteiger partial charge on any atom is 0.0594 e. The minimum atomic E-state index is -0.125. The summed E-state index contributed by atoms with van der Waals surface area (Å²) in [5.74, 6) is 2.21. The van der Waals surface area contributed by atoms with E-state index in [9.17, 15) is 5.11 Å². The van der Waals surface area contributed by atoms with Crippen LogP contribution in [0.15, 0.2) is 11.6 Å². The van der Waals surface area contributed by atoms with Crippen LogP contribution in [0.4, 0.5) is 0 Å². The summed E-state index contributed by atoms with van der Waals surface area (Å²) in [6, 6.07) is 0. The lowest BCUT2D eigenvalue weighted by molar-refractivity contribution is -0.202. The Hall–Kier alpha value is -0.300. The van der Waals surface area contributed by atoms with Crippen molar-refractivity contribution in [1.29, 1.82) is 0 Å². The summed E-state index contributed by atoms with van der Waals surface area (Å²) >= 11 is 0. The minimum absolute atomic E-state index is 0.0533. The summed E-state index contributed by atoms with van der Waals surface area (Å²) < 4.78 is 0. The van der Waals surface area contributed by atoms with Crippen molar-refractivity contribution in [3.8, 4) is 0 Å². The molecule has 1 N–H and O–H groups in total. The zero-order chi connectivity index (χ0) is 22.7. The molecule has 31 heavy (non-hydrogen) atoms. The Morgan fingerprint density at radius 1 is 0.774 bits per heavy atom. The molecule has 8 atom stereocenters. The average Bonchev–Trinajstić information content (AvgIpc) is 2.67. The molecule has 5 aliphatic rings. The smallest absolute Gasteiger partial charge is 0.0594 e. The van der Waals surface area contributed by atoms with Gasteiger partial charge in [0.25, 0.3) is 0 Å². The van der Waals surface area contributed by atoms with Gasteiger partial charge in [0.1, 0.15) is 0 Å². The van der Waals surface area contributed by atoms with E-state index < -0.39 is 0 Å². The van der Waals surface area contributed by atoms with Crippen LogP contribution in [0.3, 0.4) is 0 Å². The summed E-state index contributed by atoms with van der Waals surface area (Å²) in [5, 5.41) is 10.9. The number of hydrogen-bond acceptors (Lipinski definition) is 1. The van der Waals surface area contributed by atoms with Crippen LogP contribution in [0.5, 0.6) is 0 Å². The maximum atomic E-state index is 10.9. The van der Waals surface area contributed by atoms with E-state index in [1.807, 2.05) is 5.57 Å². The van der Waals surface area contributed by atoms with Gasteiger partial charge in [-0.05, 0) is 114 Å². The second-order valence-electron chi connectivity index (χ2n) is 15.2. The largest absolute Gasteiger partial charge is 0.393 e. The van der Waals surface area contributed by atoms with Crippen LogP contribution in [0.1, 0.15) is 120 Å². The normalized spacial score (nSPS) is 55.2. The standard InChI is InChI=1S/C30H50O/c1-25(2)15-16-27(5)17-18-29(7)20(21(27)19-25)9-10-23-28(6)13-12-24(31)26(3,4)22(28)11-14-30(23,29)8/h9,21-24,31H,10-19H2,1-8H3/t21?,22?,23?,24?,27-,28+,29-,30-/m1/s1. The monoisotopic (exact) mass is 426 g/mol. The van der Waals surface area contributed by atoms with Crippen molar-refractivity contribution < 1.29 is 5.11 Å². The predicted molar refractivity (Wildman–Crippen MR) is 131 cm³/mol. The quantitative estimate of drug-likeness (QED) is 0.387. The molecule has 0 amide bonds. The minimum Gasteiger partial charge on any atom is -0.393 e. The van der Waals surface area contributed by atoms with Gasteiger partial charge < -0.3 is 5.11 Å². The predicted octanol–water partition coefficient (Wildman–Crippen LogP) is 8.17. The third-order valence-electron chi connectivity index (χ3n) is 13.0. The van der Waals surface area contributed by atoms with Crippen LogP contribution in [0.25, 0.3) is 0 Å². The highest BCUT2D eigenvalue weighted by Gasteiger charge is 2.67. The fourth-order valence-electron chi connectivity index (χ4n) is 10.5. The summed E-state index contributed by atoms with van der Waals surface area (Å²) in [6.45, 7) is 20.4. The number of allylic oxidation sites excluding steroid dienone is 2. The third kappa shape index (κ3) is 2.77. The first-order valence-electron chi connectivity index (χ1n) is 13.6. The van der Waals surface area contributed by atoms with Crippen LogP contribution in [0.2, 0.25) is 0 Å². The van der Waals surface area contributed by atoms with Crippen molar-refractivity contribution in [3.05, 3.63) is 11.6 Å². The van der Waals surface area contributed by atoms with Gasteiger partial charge >= 0.3 is 0 Å². The molecule has 4 unspecified atom stereocenters. The van der Waals surface area contributed by atoms with E-state index in [1.165, 1.54) is 57.8 Å². The van der Waals surface area contributed by atoms with Crippen molar-refractivity contribution in [2.75, 3.05) is 0 Å².